The predicted octanol–water partition coefficient (Wildman–Crippen LogP) is 1.80. The molecule has 4 heteroatoms. The highest BCUT2D eigenvalue weighted by molar-refractivity contribution is 5.95. The van der Waals surface area contributed by atoms with Crippen molar-refractivity contribution < 1.29 is 19.1 Å². The quantitative estimate of drug-likeness (QED) is 0.443. The van der Waals surface area contributed by atoms with E-state index in [0.29, 0.717) is 17.8 Å². The van der Waals surface area contributed by atoms with Gasteiger partial charge in [0, 0.05) is 5.92 Å². The largest absolute Gasteiger partial charge is 0.468 e. The monoisotopic (exact) mass is 264 g/mol. The van der Waals surface area contributed by atoms with Crippen molar-refractivity contribution in [3.8, 4) is 0 Å². The second-order valence-corrected chi connectivity index (χ2v) is 5.97. The van der Waals surface area contributed by atoms with E-state index in [1.54, 1.807) is 0 Å². The van der Waals surface area contributed by atoms with Gasteiger partial charge in [0.15, 0.2) is 5.92 Å². The number of methoxy groups -OCH3 is 2. The van der Waals surface area contributed by atoms with E-state index in [2.05, 4.69) is 12.2 Å². The summed E-state index contributed by atoms with van der Waals surface area (Å²) in [6.45, 7) is 0. The van der Waals surface area contributed by atoms with Crippen LogP contribution in [0.15, 0.2) is 12.2 Å². The lowest BCUT2D eigenvalue weighted by Crippen LogP contribution is -2.37. The van der Waals surface area contributed by atoms with Gasteiger partial charge in [-0.1, -0.05) is 12.2 Å². The number of esters is 2. The van der Waals surface area contributed by atoms with Crippen LogP contribution < -0.4 is 0 Å². The first-order chi connectivity index (χ1) is 9.17. The molecule has 5 atom stereocenters. The molecular weight excluding hydrogens is 244 g/mol. The van der Waals surface area contributed by atoms with Gasteiger partial charge in [-0.15, -0.1) is 0 Å². The van der Waals surface area contributed by atoms with Gasteiger partial charge >= 0.3 is 11.9 Å². The minimum Gasteiger partial charge on any atom is -0.468 e. The van der Waals surface area contributed by atoms with E-state index in [4.69, 9.17) is 9.47 Å². The zero-order valence-corrected chi connectivity index (χ0v) is 11.4. The molecule has 3 aliphatic rings. The van der Waals surface area contributed by atoms with Crippen LogP contribution in [0.5, 0.6) is 0 Å². The molecule has 0 saturated heterocycles. The Labute approximate surface area is 113 Å². The average molecular weight is 264 g/mol. The molecule has 0 amide bonds. The van der Waals surface area contributed by atoms with E-state index >= 15 is 0 Å². The number of carbonyl (C=O) groups excluding carboxylic acids is 2. The standard InChI is InChI=1S/C15H20O4/c1-18-14(16)13(15(17)19-2)11-6-5-10-8-3-4-9(7-8)12(10)11/h5-6,8-13H,3-4,7H2,1-2H3/t8?,9?,10?,11-,12?/m1/s1. The molecule has 0 aromatic heterocycles. The molecule has 19 heavy (non-hydrogen) atoms. The van der Waals surface area contributed by atoms with Crippen LogP contribution in [0.1, 0.15) is 19.3 Å². The molecule has 0 aliphatic heterocycles. The molecular formula is C15H20O4. The summed E-state index contributed by atoms with van der Waals surface area (Å²) >= 11 is 0. The van der Waals surface area contributed by atoms with Crippen LogP contribution in [-0.4, -0.2) is 26.2 Å². The molecule has 0 aromatic rings. The van der Waals surface area contributed by atoms with Crippen LogP contribution in [0.4, 0.5) is 0 Å². The van der Waals surface area contributed by atoms with Gasteiger partial charge in [0.2, 0.25) is 0 Å². The van der Waals surface area contributed by atoms with Crippen LogP contribution in [-0.2, 0) is 19.1 Å². The molecule has 2 saturated carbocycles. The smallest absolute Gasteiger partial charge is 0.320 e. The third-order valence-electron chi connectivity index (χ3n) is 5.34. The Morgan fingerprint density at radius 3 is 2.32 bits per heavy atom. The van der Waals surface area contributed by atoms with Crippen molar-refractivity contribution in [1.82, 2.24) is 0 Å². The lowest BCUT2D eigenvalue weighted by atomic mass is 9.73. The van der Waals surface area contributed by atoms with Gasteiger partial charge < -0.3 is 9.47 Å². The predicted molar refractivity (Wildman–Crippen MR) is 68.0 cm³/mol. The maximum Gasteiger partial charge on any atom is 0.320 e. The highest BCUT2D eigenvalue weighted by Crippen LogP contribution is 2.59. The van der Waals surface area contributed by atoms with Crippen molar-refractivity contribution in [3.63, 3.8) is 0 Å². The Morgan fingerprint density at radius 2 is 1.68 bits per heavy atom. The summed E-state index contributed by atoms with van der Waals surface area (Å²) in [5.41, 5.74) is 0. The van der Waals surface area contributed by atoms with Gasteiger partial charge in [-0.25, -0.2) is 0 Å². The van der Waals surface area contributed by atoms with Crippen LogP contribution in [0, 0.1) is 35.5 Å². The summed E-state index contributed by atoms with van der Waals surface area (Å²) in [4.78, 5) is 23.9. The van der Waals surface area contributed by atoms with Crippen molar-refractivity contribution in [2.75, 3.05) is 14.2 Å². The molecule has 0 radical (unpaired) electrons. The first kappa shape index (κ1) is 12.7. The van der Waals surface area contributed by atoms with Crippen LogP contribution >= 0.6 is 0 Å². The maximum atomic E-state index is 11.9. The van der Waals surface area contributed by atoms with Crippen LogP contribution in [0.3, 0.4) is 0 Å². The van der Waals surface area contributed by atoms with Gasteiger partial charge in [0.25, 0.3) is 0 Å². The number of hydrogen-bond donors (Lipinski definition) is 0. The molecule has 0 N–H and O–H groups in total. The Balaban J connectivity index is 1.86. The summed E-state index contributed by atoms with van der Waals surface area (Å²) in [5.74, 6) is 0.636. The van der Waals surface area contributed by atoms with E-state index in [9.17, 15) is 9.59 Å². The Bertz CT molecular complexity index is 412. The average Bonchev–Trinajstić information content (AvgIpc) is 3.11. The second kappa shape index (κ2) is 4.66. The fraction of sp³-hybridized carbons (Fsp3) is 0.733. The molecule has 4 unspecified atom stereocenters. The first-order valence-corrected chi connectivity index (χ1v) is 7.01. The number of fused-ring (bicyclic) bond motifs is 5. The molecule has 0 heterocycles. The summed E-state index contributed by atoms with van der Waals surface area (Å²) in [5, 5.41) is 0. The van der Waals surface area contributed by atoms with E-state index < -0.39 is 17.9 Å². The van der Waals surface area contributed by atoms with Crippen molar-refractivity contribution >= 4 is 11.9 Å². The van der Waals surface area contributed by atoms with Gasteiger partial charge in [-0.05, 0) is 42.9 Å². The van der Waals surface area contributed by atoms with E-state index in [1.165, 1.54) is 33.5 Å². The number of hydrogen-bond acceptors (Lipinski definition) is 4. The summed E-state index contributed by atoms with van der Waals surface area (Å²) in [6, 6.07) is 0. The number of allylic oxidation sites excluding steroid dienone is 2. The highest BCUT2D eigenvalue weighted by Gasteiger charge is 2.55. The minimum atomic E-state index is -0.791. The third-order valence-corrected chi connectivity index (χ3v) is 5.34. The summed E-state index contributed by atoms with van der Waals surface area (Å²) < 4.78 is 9.61. The summed E-state index contributed by atoms with van der Waals surface area (Å²) in [6.07, 6.45) is 8.06. The van der Waals surface area contributed by atoms with Crippen molar-refractivity contribution in [1.29, 1.82) is 0 Å². The number of rotatable bonds is 3. The number of ether oxygens (including phenoxy) is 2. The lowest BCUT2D eigenvalue weighted by Gasteiger charge is -2.31. The molecule has 0 spiro atoms. The molecule has 3 aliphatic carbocycles. The molecule has 0 aromatic carbocycles. The normalized spacial score (nSPS) is 38.6. The fourth-order valence-corrected chi connectivity index (χ4v) is 4.62. The molecule has 2 fully saturated rings. The number of carbonyl (C=O) groups is 2. The van der Waals surface area contributed by atoms with E-state index in [1.807, 2.05) is 0 Å². The SMILES string of the molecule is COC(=O)C(C(=O)OC)[C@@H]1C=CC2C3CCC(C3)C21. The van der Waals surface area contributed by atoms with E-state index in [-0.39, 0.29) is 5.92 Å². The lowest BCUT2D eigenvalue weighted by molar-refractivity contribution is -0.162. The van der Waals surface area contributed by atoms with E-state index in [0.717, 1.165) is 5.92 Å². The van der Waals surface area contributed by atoms with Crippen molar-refractivity contribution in [3.05, 3.63) is 12.2 Å². The molecule has 2 bridgehead atoms. The zero-order chi connectivity index (χ0) is 13.6. The topological polar surface area (TPSA) is 52.6 Å². The fourth-order valence-electron chi connectivity index (χ4n) is 4.62. The van der Waals surface area contributed by atoms with Crippen LogP contribution in [0.25, 0.3) is 0 Å². The Kier molecular flexibility index (Phi) is 3.11. The molecule has 3 rings (SSSR count). The highest BCUT2D eigenvalue weighted by atomic mass is 16.5. The van der Waals surface area contributed by atoms with Gasteiger partial charge in [0.1, 0.15) is 0 Å². The molecule has 4 nitrogen and oxygen atoms in total. The molecule has 104 valence electrons. The Morgan fingerprint density at radius 1 is 1.05 bits per heavy atom. The minimum absolute atomic E-state index is 0.0415. The first-order valence-electron chi connectivity index (χ1n) is 7.01. The van der Waals surface area contributed by atoms with Gasteiger partial charge in [0.05, 0.1) is 14.2 Å². The third kappa shape index (κ3) is 1.80. The van der Waals surface area contributed by atoms with Crippen LogP contribution in [0.2, 0.25) is 0 Å². The zero-order valence-electron chi connectivity index (χ0n) is 11.4. The maximum absolute atomic E-state index is 11.9. The van der Waals surface area contributed by atoms with Gasteiger partial charge in [-0.2, -0.15) is 0 Å². The van der Waals surface area contributed by atoms with Crippen molar-refractivity contribution in [2.45, 2.75) is 19.3 Å². The van der Waals surface area contributed by atoms with Crippen molar-refractivity contribution in [2.24, 2.45) is 35.5 Å². The second-order valence-electron chi connectivity index (χ2n) is 5.97. The Hall–Kier alpha value is -1.32. The summed E-state index contributed by atoms with van der Waals surface area (Å²) in [7, 11) is 2.66. The van der Waals surface area contributed by atoms with Gasteiger partial charge in [-0.3, -0.25) is 9.59 Å².